The number of carbonyl (C=O) groups is 3. The van der Waals surface area contributed by atoms with Gasteiger partial charge >= 0.3 is 5.97 Å². The predicted molar refractivity (Wildman–Crippen MR) is 137 cm³/mol. The summed E-state index contributed by atoms with van der Waals surface area (Å²) in [6, 6.07) is 8.65. The Labute approximate surface area is 210 Å². The van der Waals surface area contributed by atoms with Crippen molar-refractivity contribution in [3.05, 3.63) is 35.9 Å². The van der Waals surface area contributed by atoms with Crippen molar-refractivity contribution in [3.8, 4) is 0 Å². The van der Waals surface area contributed by atoms with Crippen molar-refractivity contribution < 1.29 is 19.1 Å². The summed E-state index contributed by atoms with van der Waals surface area (Å²) in [7, 11) is 1.60. The fourth-order valence-electron chi connectivity index (χ4n) is 5.21. The molecule has 1 heterocycles. The fourth-order valence-corrected chi connectivity index (χ4v) is 5.21. The summed E-state index contributed by atoms with van der Waals surface area (Å²) >= 11 is 0. The van der Waals surface area contributed by atoms with Crippen LogP contribution < -0.4 is 10.6 Å². The topological polar surface area (TPSA) is 87.7 Å². The van der Waals surface area contributed by atoms with E-state index in [1.807, 2.05) is 30.3 Å². The van der Waals surface area contributed by atoms with Crippen LogP contribution in [0.4, 0.5) is 0 Å². The highest BCUT2D eigenvalue weighted by molar-refractivity contribution is 5.91. The monoisotopic (exact) mass is 485 g/mol. The SMILES string of the molecule is CN1CC(=O)OCCCCCCNC(C2CCCCCCC2)C(=O)NC(Cc2ccccc2)C1=O. The van der Waals surface area contributed by atoms with E-state index >= 15 is 0 Å². The van der Waals surface area contributed by atoms with Crippen LogP contribution in [0.25, 0.3) is 0 Å². The molecule has 35 heavy (non-hydrogen) atoms. The Morgan fingerprint density at radius 2 is 1.54 bits per heavy atom. The molecule has 2 unspecified atom stereocenters. The maximum Gasteiger partial charge on any atom is 0.325 e. The van der Waals surface area contributed by atoms with Crippen molar-refractivity contribution in [3.63, 3.8) is 0 Å². The fraction of sp³-hybridized carbons (Fsp3) is 0.679. The molecular weight excluding hydrogens is 442 g/mol. The molecule has 2 N–H and O–H groups in total. The second kappa shape index (κ2) is 14.9. The van der Waals surface area contributed by atoms with Crippen molar-refractivity contribution >= 4 is 17.8 Å². The average molecular weight is 486 g/mol. The first-order valence-corrected chi connectivity index (χ1v) is 13.5. The van der Waals surface area contributed by atoms with Crippen molar-refractivity contribution in [2.45, 2.75) is 89.1 Å². The number of likely N-dealkylation sites (N-methyl/N-ethyl adjacent to an activating group) is 1. The van der Waals surface area contributed by atoms with Crippen LogP contribution in [-0.2, 0) is 25.5 Å². The number of nitrogens with zero attached hydrogens (tertiary/aromatic N) is 1. The lowest BCUT2D eigenvalue weighted by molar-refractivity contribution is -0.149. The molecule has 0 bridgehead atoms. The average Bonchev–Trinajstić information content (AvgIpc) is 2.82. The van der Waals surface area contributed by atoms with Crippen molar-refractivity contribution in [2.75, 3.05) is 26.7 Å². The zero-order valence-electron chi connectivity index (χ0n) is 21.3. The zero-order valence-corrected chi connectivity index (χ0v) is 21.3. The summed E-state index contributed by atoms with van der Waals surface area (Å²) in [5.74, 6) is -0.517. The van der Waals surface area contributed by atoms with E-state index in [-0.39, 0.29) is 30.3 Å². The van der Waals surface area contributed by atoms with E-state index in [4.69, 9.17) is 4.74 Å². The number of carbonyl (C=O) groups excluding carboxylic acids is 3. The summed E-state index contributed by atoms with van der Waals surface area (Å²) in [5, 5.41) is 6.65. The molecule has 1 aliphatic carbocycles. The second-order valence-corrected chi connectivity index (χ2v) is 10.1. The molecule has 1 aromatic rings. The standard InChI is InChI=1S/C28H43N3O4/c1-31-21-25(32)35-19-13-6-5-12-18-29-26(23-16-10-3-2-4-11-17-23)27(33)30-24(28(31)34)20-22-14-8-7-9-15-22/h7-9,14-15,23-24,26,29H,2-6,10-13,16-21H2,1H3,(H,30,33). The lowest BCUT2D eigenvalue weighted by Gasteiger charge is -2.31. The summed E-state index contributed by atoms with van der Waals surface area (Å²) in [6.45, 7) is 1.03. The number of esters is 1. The number of rotatable bonds is 3. The number of amides is 2. The van der Waals surface area contributed by atoms with Crippen LogP contribution in [0.3, 0.4) is 0 Å². The van der Waals surface area contributed by atoms with Gasteiger partial charge in [0.1, 0.15) is 12.6 Å². The molecule has 0 spiro atoms. The van der Waals surface area contributed by atoms with E-state index in [1.54, 1.807) is 7.05 Å². The number of ether oxygens (including phenoxy) is 1. The Morgan fingerprint density at radius 3 is 2.29 bits per heavy atom. The molecule has 1 saturated heterocycles. The quantitative estimate of drug-likeness (QED) is 0.639. The van der Waals surface area contributed by atoms with Gasteiger partial charge in [0.25, 0.3) is 0 Å². The third-order valence-electron chi connectivity index (χ3n) is 7.24. The third-order valence-corrected chi connectivity index (χ3v) is 7.24. The highest BCUT2D eigenvalue weighted by Crippen LogP contribution is 2.25. The number of hydrogen-bond acceptors (Lipinski definition) is 5. The van der Waals surface area contributed by atoms with E-state index in [2.05, 4.69) is 10.6 Å². The minimum absolute atomic E-state index is 0.104. The minimum atomic E-state index is -0.742. The first kappa shape index (κ1) is 27.2. The molecule has 2 aliphatic rings. The van der Waals surface area contributed by atoms with E-state index in [0.29, 0.717) is 13.0 Å². The molecule has 194 valence electrons. The molecule has 7 heteroatoms. The molecule has 1 saturated carbocycles. The lowest BCUT2D eigenvalue weighted by Crippen LogP contribution is -2.56. The first-order chi connectivity index (χ1) is 17.0. The lowest BCUT2D eigenvalue weighted by atomic mass is 9.85. The molecule has 2 fully saturated rings. The number of nitrogens with one attached hydrogen (secondary N) is 2. The van der Waals surface area contributed by atoms with Gasteiger partial charge in [-0.25, -0.2) is 0 Å². The van der Waals surface area contributed by atoms with Crippen LogP contribution >= 0.6 is 0 Å². The molecule has 0 aromatic heterocycles. The van der Waals surface area contributed by atoms with Gasteiger partial charge in [-0.15, -0.1) is 0 Å². The number of cyclic esters (lactones) is 1. The van der Waals surface area contributed by atoms with E-state index in [1.165, 1.54) is 24.2 Å². The Bertz CT molecular complexity index is 793. The second-order valence-electron chi connectivity index (χ2n) is 10.1. The molecule has 2 amide bonds. The van der Waals surface area contributed by atoms with Gasteiger partial charge in [-0.3, -0.25) is 14.4 Å². The van der Waals surface area contributed by atoms with Crippen LogP contribution in [-0.4, -0.2) is 61.5 Å². The van der Waals surface area contributed by atoms with Crippen molar-refractivity contribution in [2.24, 2.45) is 5.92 Å². The van der Waals surface area contributed by atoms with Crippen LogP contribution in [0.2, 0.25) is 0 Å². The van der Waals surface area contributed by atoms with Crippen LogP contribution in [0, 0.1) is 5.92 Å². The van der Waals surface area contributed by atoms with E-state index in [9.17, 15) is 14.4 Å². The Kier molecular flexibility index (Phi) is 11.5. The molecule has 1 aliphatic heterocycles. The number of hydrogen-bond donors (Lipinski definition) is 2. The maximum absolute atomic E-state index is 13.7. The summed E-state index contributed by atoms with van der Waals surface area (Å²) in [6.07, 6.45) is 12.3. The van der Waals surface area contributed by atoms with Crippen LogP contribution in [0.15, 0.2) is 30.3 Å². The van der Waals surface area contributed by atoms with Gasteiger partial charge in [0, 0.05) is 13.5 Å². The molecule has 2 atom stereocenters. The van der Waals surface area contributed by atoms with Gasteiger partial charge in [-0.05, 0) is 43.7 Å². The Balaban J connectivity index is 1.81. The third kappa shape index (κ3) is 9.28. The summed E-state index contributed by atoms with van der Waals surface area (Å²) in [5.41, 5.74) is 0.965. The van der Waals surface area contributed by atoms with Crippen molar-refractivity contribution in [1.82, 2.24) is 15.5 Å². The molecular formula is C28H43N3O4. The summed E-state index contributed by atoms with van der Waals surface area (Å²) < 4.78 is 5.32. The normalized spacial score (nSPS) is 25.3. The number of benzene rings is 1. The highest BCUT2D eigenvalue weighted by Gasteiger charge is 2.32. The molecule has 1 aromatic carbocycles. The summed E-state index contributed by atoms with van der Waals surface area (Å²) in [4.78, 5) is 40.7. The van der Waals surface area contributed by atoms with Gasteiger partial charge in [0.15, 0.2) is 0 Å². The highest BCUT2D eigenvalue weighted by atomic mass is 16.5. The zero-order chi connectivity index (χ0) is 24.9. The van der Waals surface area contributed by atoms with Crippen LogP contribution in [0.1, 0.15) is 76.2 Å². The van der Waals surface area contributed by atoms with Gasteiger partial charge < -0.3 is 20.3 Å². The van der Waals surface area contributed by atoms with E-state index < -0.39 is 12.0 Å². The van der Waals surface area contributed by atoms with Crippen LogP contribution in [0.5, 0.6) is 0 Å². The predicted octanol–water partition coefficient (Wildman–Crippen LogP) is 3.61. The van der Waals surface area contributed by atoms with Gasteiger partial charge in [0.2, 0.25) is 11.8 Å². The van der Waals surface area contributed by atoms with Gasteiger partial charge in [0.05, 0.1) is 12.6 Å². The molecule has 3 rings (SSSR count). The largest absolute Gasteiger partial charge is 0.464 e. The first-order valence-electron chi connectivity index (χ1n) is 13.5. The van der Waals surface area contributed by atoms with E-state index in [0.717, 1.165) is 63.5 Å². The Morgan fingerprint density at radius 1 is 0.886 bits per heavy atom. The van der Waals surface area contributed by atoms with Crippen molar-refractivity contribution in [1.29, 1.82) is 0 Å². The Hall–Kier alpha value is -2.41. The smallest absolute Gasteiger partial charge is 0.325 e. The maximum atomic E-state index is 13.7. The molecule has 0 radical (unpaired) electrons. The molecule has 7 nitrogen and oxygen atoms in total. The van der Waals surface area contributed by atoms with Gasteiger partial charge in [-0.1, -0.05) is 75.3 Å². The van der Waals surface area contributed by atoms with Gasteiger partial charge in [-0.2, -0.15) is 0 Å². The minimum Gasteiger partial charge on any atom is -0.464 e.